The van der Waals surface area contributed by atoms with Gasteiger partial charge in [0.1, 0.15) is 0 Å². The van der Waals surface area contributed by atoms with Crippen LogP contribution in [0.5, 0.6) is 0 Å². The Labute approximate surface area is 63.0 Å². The lowest BCUT2D eigenvalue weighted by molar-refractivity contribution is -0.139. The summed E-state index contributed by atoms with van der Waals surface area (Å²) in [7, 11) is 1.38. The molecule has 0 aliphatic heterocycles. The van der Waals surface area contributed by atoms with E-state index in [4.69, 9.17) is 0 Å². The Morgan fingerprint density at radius 2 is 2.33 bits per heavy atom. The van der Waals surface area contributed by atoms with Gasteiger partial charge >= 0.3 is 5.97 Å². The first-order chi connectivity index (χ1) is 4.31. The van der Waals surface area contributed by atoms with Crippen LogP contribution in [0.25, 0.3) is 0 Å². The third kappa shape index (κ3) is 5.56. The summed E-state index contributed by atoms with van der Waals surface area (Å²) in [6.07, 6.45) is 3.99. The highest BCUT2D eigenvalue weighted by atomic mass is 79.9. The Morgan fingerprint density at radius 3 is 2.78 bits per heavy atom. The maximum Gasteiger partial charge on any atom is 0.309 e. The molecule has 0 saturated carbocycles. The van der Waals surface area contributed by atoms with Gasteiger partial charge in [-0.05, 0) is 0 Å². The summed E-state index contributed by atoms with van der Waals surface area (Å²) in [5.41, 5.74) is 0. The molecule has 0 heterocycles. The number of carbonyl (C=O) groups is 1. The summed E-state index contributed by atoms with van der Waals surface area (Å²) in [6, 6.07) is 0. The summed E-state index contributed by atoms with van der Waals surface area (Å²) >= 11 is 3.18. The molecule has 0 fully saturated rings. The highest BCUT2D eigenvalue weighted by molar-refractivity contribution is 9.09. The van der Waals surface area contributed by atoms with Crippen LogP contribution in [0.3, 0.4) is 0 Å². The highest BCUT2D eigenvalue weighted by Crippen LogP contribution is 1.88. The quantitative estimate of drug-likeness (QED) is 0.385. The molecule has 0 N–H and O–H groups in total. The predicted octanol–water partition coefficient (Wildman–Crippen LogP) is 1.50. The Balaban J connectivity index is 3.26. The van der Waals surface area contributed by atoms with E-state index >= 15 is 0 Å². The first kappa shape index (κ1) is 8.69. The van der Waals surface area contributed by atoms with E-state index in [1.54, 1.807) is 6.08 Å². The molecule has 0 atom stereocenters. The minimum atomic E-state index is -0.202. The van der Waals surface area contributed by atoms with Gasteiger partial charge in [0, 0.05) is 5.33 Å². The smallest absolute Gasteiger partial charge is 0.309 e. The Morgan fingerprint density at radius 1 is 1.67 bits per heavy atom. The van der Waals surface area contributed by atoms with Gasteiger partial charge in [0.05, 0.1) is 13.5 Å². The zero-order valence-electron chi connectivity index (χ0n) is 5.26. The summed E-state index contributed by atoms with van der Waals surface area (Å²) in [5, 5.41) is 0.782. The summed E-state index contributed by atoms with van der Waals surface area (Å²) < 4.78 is 4.39. The van der Waals surface area contributed by atoms with E-state index in [1.165, 1.54) is 7.11 Å². The van der Waals surface area contributed by atoms with E-state index in [9.17, 15) is 4.79 Å². The predicted molar refractivity (Wildman–Crippen MR) is 39.6 cm³/mol. The lowest BCUT2D eigenvalue weighted by atomic mass is 10.4. The number of methoxy groups -OCH3 is 1. The second-order valence-electron chi connectivity index (χ2n) is 1.41. The molecule has 0 bridgehead atoms. The fourth-order valence-electron chi connectivity index (χ4n) is 0.326. The Hall–Kier alpha value is -0.310. The van der Waals surface area contributed by atoms with Crippen molar-refractivity contribution >= 4 is 21.9 Å². The SMILES string of the molecule is COC(=O)CC=CCBr. The first-order valence-corrected chi connectivity index (χ1v) is 3.71. The average molecular weight is 193 g/mol. The Kier molecular flexibility index (Phi) is 5.62. The molecule has 0 aliphatic carbocycles. The van der Waals surface area contributed by atoms with Crippen molar-refractivity contribution in [2.24, 2.45) is 0 Å². The average Bonchev–Trinajstić information content (AvgIpc) is 1.89. The van der Waals surface area contributed by atoms with Gasteiger partial charge in [0.15, 0.2) is 0 Å². The molecule has 2 nitrogen and oxygen atoms in total. The normalized spacial score (nSPS) is 10.0. The maximum atomic E-state index is 10.4. The third-order valence-electron chi connectivity index (χ3n) is 0.768. The molecular weight excluding hydrogens is 184 g/mol. The van der Waals surface area contributed by atoms with E-state index in [2.05, 4.69) is 20.7 Å². The molecular formula is C6H9BrO2. The molecule has 0 saturated heterocycles. The van der Waals surface area contributed by atoms with Crippen LogP contribution >= 0.6 is 15.9 Å². The van der Waals surface area contributed by atoms with Crippen LogP contribution in [0.2, 0.25) is 0 Å². The number of hydrogen-bond donors (Lipinski definition) is 0. The number of carbonyl (C=O) groups excluding carboxylic acids is 1. The summed E-state index contributed by atoms with van der Waals surface area (Å²) in [6.45, 7) is 0. The topological polar surface area (TPSA) is 26.3 Å². The van der Waals surface area contributed by atoms with E-state index in [0.29, 0.717) is 6.42 Å². The molecule has 0 radical (unpaired) electrons. The second kappa shape index (κ2) is 5.82. The number of rotatable bonds is 3. The largest absolute Gasteiger partial charge is 0.469 e. The van der Waals surface area contributed by atoms with Crippen LogP contribution in [-0.4, -0.2) is 18.4 Å². The van der Waals surface area contributed by atoms with Gasteiger partial charge in [-0.25, -0.2) is 0 Å². The van der Waals surface area contributed by atoms with Gasteiger partial charge in [-0.2, -0.15) is 0 Å². The highest BCUT2D eigenvalue weighted by Gasteiger charge is 1.91. The lowest BCUT2D eigenvalue weighted by Gasteiger charge is -1.90. The van der Waals surface area contributed by atoms with Gasteiger partial charge in [-0.1, -0.05) is 28.1 Å². The van der Waals surface area contributed by atoms with Crippen LogP contribution in [0.4, 0.5) is 0 Å². The minimum Gasteiger partial charge on any atom is -0.469 e. The summed E-state index contributed by atoms with van der Waals surface area (Å²) in [5.74, 6) is -0.202. The number of halogens is 1. The van der Waals surface area contributed by atoms with E-state index in [-0.39, 0.29) is 5.97 Å². The molecule has 3 heteroatoms. The van der Waals surface area contributed by atoms with Crippen molar-refractivity contribution in [2.45, 2.75) is 6.42 Å². The first-order valence-electron chi connectivity index (χ1n) is 2.59. The van der Waals surface area contributed by atoms with Gasteiger partial charge in [-0.3, -0.25) is 4.79 Å². The monoisotopic (exact) mass is 192 g/mol. The molecule has 0 aliphatic rings. The molecule has 0 aromatic heterocycles. The van der Waals surface area contributed by atoms with Crippen LogP contribution in [0, 0.1) is 0 Å². The molecule has 0 amide bonds. The van der Waals surface area contributed by atoms with Crippen molar-refractivity contribution < 1.29 is 9.53 Å². The second-order valence-corrected chi connectivity index (χ2v) is 2.05. The lowest BCUT2D eigenvalue weighted by Crippen LogP contribution is -1.96. The van der Waals surface area contributed by atoms with Gasteiger partial charge in [-0.15, -0.1) is 0 Å². The number of hydrogen-bond acceptors (Lipinski definition) is 2. The van der Waals surface area contributed by atoms with Gasteiger partial charge < -0.3 is 4.74 Å². The van der Waals surface area contributed by atoms with Crippen molar-refractivity contribution in [2.75, 3.05) is 12.4 Å². The number of esters is 1. The minimum absolute atomic E-state index is 0.202. The van der Waals surface area contributed by atoms with Crippen molar-refractivity contribution in [1.29, 1.82) is 0 Å². The zero-order valence-corrected chi connectivity index (χ0v) is 6.85. The number of allylic oxidation sites excluding steroid dienone is 1. The fourth-order valence-corrected chi connectivity index (χ4v) is 0.590. The van der Waals surface area contributed by atoms with Gasteiger partial charge in [0.25, 0.3) is 0 Å². The van der Waals surface area contributed by atoms with Crippen LogP contribution in [0.15, 0.2) is 12.2 Å². The maximum absolute atomic E-state index is 10.4. The molecule has 52 valence electrons. The van der Waals surface area contributed by atoms with E-state index in [0.717, 1.165) is 5.33 Å². The fraction of sp³-hybridized carbons (Fsp3) is 0.500. The number of alkyl halides is 1. The van der Waals surface area contributed by atoms with Crippen molar-refractivity contribution in [1.82, 2.24) is 0 Å². The molecule has 0 rings (SSSR count). The molecule has 9 heavy (non-hydrogen) atoms. The number of ether oxygens (including phenoxy) is 1. The van der Waals surface area contributed by atoms with Crippen molar-refractivity contribution in [3.63, 3.8) is 0 Å². The standard InChI is InChI=1S/C6H9BrO2/c1-9-6(8)4-2-3-5-7/h2-3H,4-5H2,1H3. The molecule has 0 aromatic carbocycles. The van der Waals surface area contributed by atoms with Crippen molar-refractivity contribution in [3.05, 3.63) is 12.2 Å². The van der Waals surface area contributed by atoms with Gasteiger partial charge in [0.2, 0.25) is 0 Å². The van der Waals surface area contributed by atoms with Crippen LogP contribution < -0.4 is 0 Å². The van der Waals surface area contributed by atoms with Crippen LogP contribution in [-0.2, 0) is 9.53 Å². The molecule has 0 aromatic rings. The van der Waals surface area contributed by atoms with Crippen LogP contribution in [0.1, 0.15) is 6.42 Å². The Bertz CT molecular complexity index is 110. The molecule has 0 unspecified atom stereocenters. The zero-order chi connectivity index (χ0) is 7.11. The van der Waals surface area contributed by atoms with Crippen molar-refractivity contribution in [3.8, 4) is 0 Å². The third-order valence-corrected chi connectivity index (χ3v) is 1.14. The van der Waals surface area contributed by atoms with E-state index < -0.39 is 0 Å². The molecule has 0 spiro atoms. The summed E-state index contributed by atoms with van der Waals surface area (Å²) in [4.78, 5) is 10.4. The van der Waals surface area contributed by atoms with E-state index in [1.807, 2.05) is 6.08 Å².